The zero-order chi connectivity index (χ0) is 18.1. The van der Waals surface area contributed by atoms with Crippen LogP contribution < -0.4 is 4.72 Å². The average molecular weight is 380 g/mol. The van der Waals surface area contributed by atoms with Crippen LogP contribution in [0.25, 0.3) is 21.3 Å². The summed E-state index contributed by atoms with van der Waals surface area (Å²) in [6.07, 6.45) is 0. The van der Waals surface area contributed by atoms with Gasteiger partial charge in [-0.2, -0.15) is 0 Å². The Balaban J connectivity index is 1.61. The van der Waals surface area contributed by atoms with Crippen LogP contribution in [0.2, 0.25) is 0 Å². The largest absolute Gasteiger partial charge is 0.280 e. The Bertz CT molecular complexity index is 1170. The number of sulfonamides is 1. The lowest BCUT2D eigenvalue weighted by molar-refractivity contribution is 0.601. The Morgan fingerprint density at radius 1 is 0.885 bits per heavy atom. The van der Waals surface area contributed by atoms with E-state index in [2.05, 4.69) is 9.71 Å². The second-order valence-electron chi connectivity index (χ2n) is 5.91. The van der Waals surface area contributed by atoms with Crippen molar-refractivity contribution in [1.82, 2.24) is 4.98 Å². The van der Waals surface area contributed by atoms with Gasteiger partial charge in [0.2, 0.25) is 0 Å². The number of aromatic nitrogens is 1. The van der Waals surface area contributed by atoms with Crippen LogP contribution >= 0.6 is 11.3 Å². The van der Waals surface area contributed by atoms with Gasteiger partial charge in [-0.25, -0.2) is 13.4 Å². The van der Waals surface area contributed by atoms with E-state index in [1.54, 1.807) is 35.6 Å². The number of rotatable bonds is 4. The molecule has 0 unspecified atom stereocenters. The molecule has 4 nitrogen and oxygen atoms in total. The molecule has 3 aromatic carbocycles. The van der Waals surface area contributed by atoms with Crippen LogP contribution in [-0.4, -0.2) is 13.4 Å². The molecule has 4 rings (SSSR count). The molecule has 0 amide bonds. The predicted molar refractivity (Wildman–Crippen MR) is 107 cm³/mol. The van der Waals surface area contributed by atoms with Crippen molar-refractivity contribution < 1.29 is 8.42 Å². The summed E-state index contributed by atoms with van der Waals surface area (Å²) in [7, 11) is -3.65. The van der Waals surface area contributed by atoms with Gasteiger partial charge in [0.25, 0.3) is 10.0 Å². The molecular weight excluding hydrogens is 364 g/mol. The fourth-order valence-corrected chi connectivity index (χ4v) is 4.63. The van der Waals surface area contributed by atoms with Crippen molar-refractivity contribution in [2.75, 3.05) is 4.72 Å². The van der Waals surface area contributed by atoms with Crippen LogP contribution in [-0.2, 0) is 10.0 Å². The van der Waals surface area contributed by atoms with Crippen molar-refractivity contribution in [2.45, 2.75) is 11.8 Å². The second kappa shape index (κ2) is 6.55. The number of aryl methyl sites for hydroxylation is 1. The highest BCUT2D eigenvalue weighted by Gasteiger charge is 2.15. The minimum absolute atomic E-state index is 0.228. The molecule has 0 saturated carbocycles. The number of hydrogen-bond acceptors (Lipinski definition) is 4. The highest BCUT2D eigenvalue weighted by Crippen LogP contribution is 2.26. The van der Waals surface area contributed by atoms with Gasteiger partial charge in [-0.15, -0.1) is 11.3 Å². The molecule has 0 atom stereocenters. The molecular formula is C20H16N2O2S2. The van der Waals surface area contributed by atoms with Crippen molar-refractivity contribution in [3.05, 3.63) is 77.8 Å². The average Bonchev–Trinajstić information content (AvgIpc) is 3.01. The third kappa shape index (κ3) is 3.34. The third-order valence-electron chi connectivity index (χ3n) is 4.02. The number of hydrogen-bond donors (Lipinski definition) is 1. The minimum atomic E-state index is -3.65. The Labute approximate surface area is 156 Å². The van der Waals surface area contributed by atoms with Gasteiger partial charge in [0.05, 0.1) is 25.8 Å². The molecule has 130 valence electrons. The highest BCUT2D eigenvalue weighted by atomic mass is 32.2. The molecule has 0 spiro atoms. The second-order valence-corrected chi connectivity index (χ2v) is 8.83. The van der Waals surface area contributed by atoms with Gasteiger partial charge >= 0.3 is 0 Å². The molecule has 0 aliphatic rings. The summed E-state index contributed by atoms with van der Waals surface area (Å²) in [6, 6.07) is 22.1. The predicted octanol–water partition coefficient (Wildman–Crippen LogP) is 5.07. The van der Waals surface area contributed by atoms with Crippen molar-refractivity contribution in [3.63, 3.8) is 0 Å². The number of fused-ring (bicyclic) bond motifs is 1. The molecule has 1 heterocycles. The highest BCUT2D eigenvalue weighted by molar-refractivity contribution is 7.92. The molecule has 4 aromatic rings. The summed E-state index contributed by atoms with van der Waals surface area (Å²) in [6.45, 7) is 1.93. The Kier molecular flexibility index (Phi) is 4.22. The van der Waals surface area contributed by atoms with Crippen LogP contribution in [0.3, 0.4) is 0 Å². The van der Waals surface area contributed by atoms with Crippen LogP contribution in [0.5, 0.6) is 0 Å². The monoisotopic (exact) mass is 380 g/mol. The lowest BCUT2D eigenvalue weighted by atomic mass is 10.1. The molecule has 26 heavy (non-hydrogen) atoms. The summed E-state index contributed by atoms with van der Waals surface area (Å²) < 4.78 is 29.0. The molecule has 0 saturated heterocycles. The summed E-state index contributed by atoms with van der Waals surface area (Å²) in [4.78, 5) is 4.63. The maximum absolute atomic E-state index is 12.7. The van der Waals surface area contributed by atoms with Gasteiger partial charge in [-0.05, 0) is 48.4 Å². The van der Waals surface area contributed by atoms with E-state index in [1.165, 1.54) is 0 Å². The van der Waals surface area contributed by atoms with Crippen LogP contribution in [0.4, 0.5) is 5.69 Å². The van der Waals surface area contributed by atoms with E-state index in [9.17, 15) is 8.42 Å². The van der Waals surface area contributed by atoms with Gasteiger partial charge in [-0.1, -0.05) is 42.5 Å². The van der Waals surface area contributed by atoms with E-state index in [4.69, 9.17) is 0 Å². The molecule has 0 aliphatic carbocycles. The van der Waals surface area contributed by atoms with E-state index < -0.39 is 10.0 Å². The summed E-state index contributed by atoms with van der Waals surface area (Å²) in [5, 5.41) is 0.955. The maximum Gasteiger partial charge on any atom is 0.261 e. The molecule has 1 N–H and O–H groups in total. The van der Waals surface area contributed by atoms with Gasteiger partial charge in [-0.3, -0.25) is 4.72 Å². The molecule has 0 aliphatic heterocycles. The smallest absolute Gasteiger partial charge is 0.261 e. The van der Waals surface area contributed by atoms with Crippen molar-refractivity contribution in [2.24, 2.45) is 0 Å². The first-order valence-corrected chi connectivity index (χ1v) is 10.4. The fraction of sp³-hybridized carbons (Fsp3) is 0.0500. The van der Waals surface area contributed by atoms with Crippen molar-refractivity contribution >= 4 is 37.3 Å². The topological polar surface area (TPSA) is 59.1 Å². The number of nitrogens with one attached hydrogen (secondary N) is 1. The van der Waals surface area contributed by atoms with E-state index in [1.807, 2.05) is 55.5 Å². The zero-order valence-electron chi connectivity index (χ0n) is 14.0. The fourth-order valence-electron chi connectivity index (χ4n) is 2.78. The van der Waals surface area contributed by atoms with Crippen molar-refractivity contribution in [1.29, 1.82) is 0 Å². The normalized spacial score (nSPS) is 11.6. The molecule has 6 heteroatoms. The Morgan fingerprint density at radius 2 is 1.58 bits per heavy atom. The first-order valence-electron chi connectivity index (χ1n) is 8.07. The van der Waals surface area contributed by atoms with Crippen molar-refractivity contribution in [3.8, 4) is 11.1 Å². The van der Waals surface area contributed by atoms with E-state index in [0.717, 1.165) is 26.4 Å². The summed E-state index contributed by atoms with van der Waals surface area (Å²) in [5.74, 6) is 0. The molecule has 0 bridgehead atoms. The van der Waals surface area contributed by atoms with Crippen LogP contribution in [0.15, 0.2) is 77.7 Å². The Hall–Kier alpha value is -2.70. The number of benzene rings is 3. The minimum Gasteiger partial charge on any atom is -0.280 e. The third-order valence-corrected chi connectivity index (χ3v) is 6.37. The van der Waals surface area contributed by atoms with E-state index in [-0.39, 0.29) is 4.90 Å². The van der Waals surface area contributed by atoms with Gasteiger partial charge in [0.15, 0.2) is 0 Å². The first kappa shape index (κ1) is 16.8. The first-order chi connectivity index (χ1) is 12.5. The summed E-state index contributed by atoms with van der Waals surface area (Å²) in [5.41, 5.74) is 3.33. The Morgan fingerprint density at radius 3 is 2.31 bits per heavy atom. The standard InChI is InChI=1S/C20H16N2O2S2/c1-14-21-19-13-17(9-12-20(19)25-14)22-26(23,24)18-10-7-16(8-11-18)15-5-3-2-4-6-15/h2-13,22H,1H3. The van der Waals surface area contributed by atoms with Gasteiger partial charge < -0.3 is 0 Å². The lowest BCUT2D eigenvalue weighted by Crippen LogP contribution is -2.12. The quantitative estimate of drug-likeness (QED) is 0.537. The van der Waals surface area contributed by atoms with E-state index >= 15 is 0 Å². The van der Waals surface area contributed by atoms with Gasteiger partial charge in [0.1, 0.15) is 0 Å². The number of thiazole rings is 1. The van der Waals surface area contributed by atoms with E-state index in [0.29, 0.717) is 5.69 Å². The number of nitrogens with zero attached hydrogens (tertiary/aromatic N) is 1. The zero-order valence-corrected chi connectivity index (χ0v) is 15.6. The van der Waals surface area contributed by atoms with Crippen LogP contribution in [0, 0.1) is 6.92 Å². The summed E-state index contributed by atoms with van der Waals surface area (Å²) >= 11 is 1.59. The molecule has 0 radical (unpaired) electrons. The lowest BCUT2D eigenvalue weighted by Gasteiger charge is -2.09. The SMILES string of the molecule is Cc1nc2cc(NS(=O)(=O)c3ccc(-c4ccccc4)cc3)ccc2s1. The van der Waals surface area contributed by atoms with Gasteiger partial charge in [0, 0.05) is 0 Å². The number of anilines is 1. The van der Waals surface area contributed by atoms with Crippen LogP contribution in [0.1, 0.15) is 5.01 Å². The maximum atomic E-state index is 12.7. The molecule has 0 fully saturated rings. The molecule has 1 aromatic heterocycles.